The number of benzene rings is 1. The van der Waals surface area contributed by atoms with Crippen molar-refractivity contribution in [1.82, 2.24) is 0 Å². The third-order valence-corrected chi connectivity index (χ3v) is 2.30. The van der Waals surface area contributed by atoms with Crippen LogP contribution in [0.25, 0.3) is 5.76 Å². The van der Waals surface area contributed by atoms with Crippen molar-refractivity contribution in [3.05, 3.63) is 52.8 Å². The molecule has 1 aliphatic heterocycles. The first-order valence-corrected chi connectivity index (χ1v) is 4.88. The van der Waals surface area contributed by atoms with Crippen molar-refractivity contribution < 1.29 is 9.53 Å². The number of nitrogens with zero attached hydrogens (tertiary/aromatic N) is 1. The van der Waals surface area contributed by atoms with Crippen molar-refractivity contribution in [1.29, 1.82) is 5.26 Å². The van der Waals surface area contributed by atoms with Gasteiger partial charge in [0.1, 0.15) is 5.76 Å². The standard InChI is InChI=1S/C12H6ClNO2/c13-9-3-1-8(2-4-9)12-7-10(15)11(16-12)5-6-14/h1-5,7H. The zero-order valence-electron chi connectivity index (χ0n) is 8.11. The molecule has 0 N–H and O–H groups in total. The van der Waals surface area contributed by atoms with Crippen LogP contribution in [-0.2, 0) is 9.53 Å². The Labute approximate surface area is 97.2 Å². The van der Waals surface area contributed by atoms with E-state index in [0.29, 0.717) is 10.8 Å². The van der Waals surface area contributed by atoms with Gasteiger partial charge in [0.15, 0.2) is 5.76 Å². The number of hydrogen-bond donors (Lipinski definition) is 0. The van der Waals surface area contributed by atoms with E-state index < -0.39 is 0 Å². The Morgan fingerprint density at radius 2 is 2.00 bits per heavy atom. The molecule has 0 saturated heterocycles. The van der Waals surface area contributed by atoms with Gasteiger partial charge in [0, 0.05) is 16.7 Å². The summed E-state index contributed by atoms with van der Waals surface area (Å²) in [5, 5.41) is 9.05. The van der Waals surface area contributed by atoms with E-state index in [1.165, 1.54) is 6.08 Å². The lowest BCUT2D eigenvalue weighted by Crippen LogP contribution is -1.92. The fourth-order valence-corrected chi connectivity index (χ4v) is 1.43. The molecule has 16 heavy (non-hydrogen) atoms. The predicted octanol–water partition coefficient (Wildman–Crippen LogP) is 2.69. The molecule has 1 heterocycles. The second-order valence-corrected chi connectivity index (χ2v) is 3.56. The number of ether oxygens (including phenoxy) is 1. The van der Waals surface area contributed by atoms with Crippen molar-refractivity contribution in [2.75, 3.05) is 0 Å². The van der Waals surface area contributed by atoms with Crippen LogP contribution in [0.5, 0.6) is 0 Å². The summed E-state index contributed by atoms with van der Waals surface area (Å²) in [6, 6.07) is 8.66. The van der Waals surface area contributed by atoms with E-state index in [-0.39, 0.29) is 11.5 Å². The SMILES string of the molecule is N#CC=C1OC(c2ccc(Cl)cc2)=CC1=O. The average Bonchev–Trinajstić information content (AvgIpc) is 2.62. The molecule has 3 nitrogen and oxygen atoms in total. The Kier molecular flexibility index (Phi) is 2.76. The minimum Gasteiger partial charge on any atom is -0.452 e. The molecule has 0 unspecified atom stereocenters. The topological polar surface area (TPSA) is 50.1 Å². The number of carbonyl (C=O) groups excluding carboxylic acids is 1. The number of carbonyl (C=O) groups is 1. The van der Waals surface area contributed by atoms with Crippen molar-refractivity contribution >= 4 is 23.1 Å². The van der Waals surface area contributed by atoms with Crippen LogP contribution in [0, 0.1) is 11.3 Å². The van der Waals surface area contributed by atoms with Crippen LogP contribution in [0.2, 0.25) is 5.02 Å². The first-order chi connectivity index (χ1) is 7.70. The van der Waals surface area contributed by atoms with Gasteiger partial charge >= 0.3 is 0 Å². The molecule has 0 fully saturated rings. The molecule has 0 saturated carbocycles. The van der Waals surface area contributed by atoms with Gasteiger partial charge in [0.05, 0.1) is 12.1 Å². The maximum absolute atomic E-state index is 11.4. The average molecular weight is 232 g/mol. The second kappa shape index (κ2) is 4.21. The lowest BCUT2D eigenvalue weighted by molar-refractivity contribution is -0.112. The molecule has 1 aromatic rings. The van der Waals surface area contributed by atoms with E-state index >= 15 is 0 Å². The highest BCUT2D eigenvalue weighted by molar-refractivity contribution is 6.30. The molecule has 2 rings (SSSR count). The summed E-state index contributed by atoms with van der Waals surface area (Å²) in [5.41, 5.74) is 0.749. The van der Waals surface area contributed by atoms with Gasteiger partial charge in [-0.05, 0) is 24.3 Å². The minimum atomic E-state index is -0.300. The van der Waals surface area contributed by atoms with Crippen LogP contribution in [-0.4, -0.2) is 5.78 Å². The largest absolute Gasteiger partial charge is 0.452 e. The quantitative estimate of drug-likeness (QED) is 0.552. The Morgan fingerprint density at radius 3 is 2.62 bits per heavy atom. The van der Waals surface area contributed by atoms with Crippen LogP contribution < -0.4 is 0 Å². The smallest absolute Gasteiger partial charge is 0.225 e. The van der Waals surface area contributed by atoms with Gasteiger partial charge in [-0.3, -0.25) is 4.79 Å². The molecule has 0 amide bonds. The van der Waals surface area contributed by atoms with Gasteiger partial charge in [0.25, 0.3) is 0 Å². The van der Waals surface area contributed by atoms with Gasteiger partial charge in [0.2, 0.25) is 5.78 Å². The number of ketones is 1. The number of halogens is 1. The van der Waals surface area contributed by atoms with Crippen molar-refractivity contribution in [3.63, 3.8) is 0 Å². The molecule has 0 bridgehead atoms. The molecular formula is C12H6ClNO2. The van der Waals surface area contributed by atoms with Crippen molar-refractivity contribution in [2.45, 2.75) is 0 Å². The molecule has 78 valence electrons. The maximum atomic E-state index is 11.4. The monoisotopic (exact) mass is 231 g/mol. The summed E-state index contributed by atoms with van der Waals surface area (Å²) >= 11 is 5.74. The molecular weight excluding hydrogens is 226 g/mol. The molecule has 0 atom stereocenters. The van der Waals surface area contributed by atoms with Gasteiger partial charge in [-0.25, -0.2) is 0 Å². The van der Waals surface area contributed by atoms with Crippen LogP contribution in [0.15, 0.2) is 42.2 Å². The lowest BCUT2D eigenvalue weighted by Gasteiger charge is -2.02. The molecule has 1 aromatic carbocycles. The van der Waals surface area contributed by atoms with Gasteiger partial charge in [-0.1, -0.05) is 11.6 Å². The highest BCUT2D eigenvalue weighted by atomic mass is 35.5. The molecule has 4 heteroatoms. The normalized spacial score (nSPS) is 16.9. The van der Waals surface area contributed by atoms with Crippen molar-refractivity contribution in [3.8, 4) is 6.07 Å². The molecule has 0 aromatic heterocycles. The summed E-state index contributed by atoms with van der Waals surface area (Å²) in [4.78, 5) is 11.4. The second-order valence-electron chi connectivity index (χ2n) is 3.12. The van der Waals surface area contributed by atoms with Crippen LogP contribution in [0.4, 0.5) is 0 Å². The van der Waals surface area contributed by atoms with E-state index in [0.717, 1.165) is 11.6 Å². The molecule has 0 radical (unpaired) electrons. The third kappa shape index (κ3) is 1.97. The fraction of sp³-hybridized carbons (Fsp3) is 0. The van der Waals surface area contributed by atoms with Gasteiger partial charge in [-0.2, -0.15) is 5.26 Å². The lowest BCUT2D eigenvalue weighted by atomic mass is 10.2. The first kappa shape index (κ1) is 10.5. The molecule has 1 aliphatic rings. The van der Waals surface area contributed by atoms with Crippen LogP contribution >= 0.6 is 11.6 Å². The Balaban J connectivity index is 2.30. The highest BCUT2D eigenvalue weighted by Crippen LogP contribution is 2.27. The van der Waals surface area contributed by atoms with E-state index in [1.807, 2.05) is 0 Å². The molecule has 0 spiro atoms. The Bertz CT molecular complexity index is 535. The van der Waals surface area contributed by atoms with E-state index in [1.54, 1.807) is 30.3 Å². The zero-order valence-corrected chi connectivity index (χ0v) is 8.86. The summed E-state index contributed by atoms with van der Waals surface area (Å²) in [6.45, 7) is 0. The summed E-state index contributed by atoms with van der Waals surface area (Å²) in [7, 11) is 0. The number of allylic oxidation sites excluding steroid dienone is 2. The summed E-state index contributed by atoms with van der Waals surface area (Å²) in [5.74, 6) is 0.183. The fourth-order valence-electron chi connectivity index (χ4n) is 1.30. The first-order valence-electron chi connectivity index (χ1n) is 4.50. The molecule has 0 aliphatic carbocycles. The van der Waals surface area contributed by atoms with Crippen LogP contribution in [0.3, 0.4) is 0 Å². The van der Waals surface area contributed by atoms with E-state index in [9.17, 15) is 4.79 Å². The van der Waals surface area contributed by atoms with Gasteiger partial charge < -0.3 is 4.74 Å². The number of rotatable bonds is 1. The van der Waals surface area contributed by atoms with E-state index in [2.05, 4.69) is 0 Å². The number of nitriles is 1. The third-order valence-electron chi connectivity index (χ3n) is 2.05. The summed E-state index contributed by atoms with van der Waals surface area (Å²) < 4.78 is 5.25. The minimum absolute atomic E-state index is 0.0486. The van der Waals surface area contributed by atoms with Crippen molar-refractivity contribution in [2.24, 2.45) is 0 Å². The Hall–Kier alpha value is -2.05. The predicted molar refractivity (Wildman–Crippen MR) is 59.2 cm³/mol. The zero-order chi connectivity index (χ0) is 11.5. The van der Waals surface area contributed by atoms with Crippen LogP contribution in [0.1, 0.15) is 5.56 Å². The summed E-state index contributed by atoms with van der Waals surface area (Å²) in [6.07, 6.45) is 2.44. The van der Waals surface area contributed by atoms with E-state index in [4.69, 9.17) is 21.6 Å². The Morgan fingerprint density at radius 1 is 1.31 bits per heavy atom. The number of hydrogen-bond acceptors (Lipinski definition) is 3. The van der Waals surface area contributed by atoms with Gasteiger partial charge in [-0.15, -0.1) is 0 Å². The highest BCUT2D eigenvalue weighted by Gasteiger charge is 2.21. The maximum Gasteiger partial charge on any atom is 0.225 e.